The van der Waals surface area contributed by atoms with Crippen LogP contribution in [-0.2, 0) is 9.53 Å². The Bertz CT molecular complexity index is 381. The van der Waals surface area contributed by atoms with E-state index in [4.69, 9.17) is 22.7 Å². The minimum Gasteiger partial charge on any atom is -0.392 e. The molecule has 106 valence electrons. The third-order valence-electron chi connectivity index (χ3n) is 4.92. The van der Waals surface area contributed by atoms with Crippen molar-refractivity contribution < 1.29 is 9.53 Å². The van der Waals surface area contributed by atoms with E-state index in [1.807, 2.05) is 4.90 Å². The molecule has 2 atom stereocenters. The van der Waals surface area contributed by atoms with Gasteiger partial charge in [-0.1, -0.05) is 31.5 Å². The maximum atomic E-state index is 12.9. The molecule has 0 aromatic carbocycles. The number of carbonyl (C=O) groups is 1. The molecule has 2 aliphatic heterocycles. The zero-order valence-corrected chi connectivity index (χ0v) is 12.1. The highest BCUT2D eigenvalue weighted by Crippen LogP contribution is 2.40. The average Bonchev–Trinajstić information content (AvgIpc) is 2.77. The van der Waals surface area contributed by atoms with Crippen LogP contribution in [0.2, 0.25) is 0 Å². The zero-order valence-electron chi connectivity index (χ0n) is 11.3. The maximum Gasteiger partial charge on any atom is 0.235 e. The van der Waals surface area contributed by atoms with Gasteiger partial charge in [0.1, 0.15) is 0 Å². The van der Waals surface area contributed by atoms with Crippen molar-refractivity contribution in [2.24, 2.45) is 11.1 Å². The van der Waals surface area contributed by atoms with E-state index in [1.54, 1.807) is 0 Å². The van der Waals surface area contributed by atoms with Gasteiger partial charge in [0.05, 0.1) is 22.6 Å². The molecule has 0 aromatic heterocycles. The van der Waals surface area contributed by atoms with Gasteiger partial charge in [-0.05, 0) is 25.7 Å². The van der Waals surface area contributed by atoms with Gasteiger partial charge in [0, 0.05) is 13.1 Å². The van der Waals surface area contributed by atoms with E-state index in [1.165, 1.54) is 6.42 Å². The van der Waals surface area contributed by atoms with E-state index < -0.39 is 5.41 Å². The molecule has 1 saturated carbocycles. The predicted octanol–water partition coefficient (Wildman–Crippen LogP) is 1.61. The van der Waals surface area contributed by atoms with E-state index in [9.17, 15) is 4.79 Å². The van der Waals surface area contributed by atoms with Crippen LogP contribution >= 0.6 is 12.2 Å². The van der Waals surface area contributed by atoms with Crippen LogP contribution in [0, 0.1) is 5.41 Å². The summed E-state index contributed by atoms with van der Waals surface area (Å²) in [7, 11) is 0. The lowest BCUT2D eigenvalue weighted by atomic mass is 9.72. The van der Waals surface area contributed by atoms with Crippen molar-refractivity contribution in [2.75, 3.05) is 13.1 Å². The minimum absolute atomic E-state index is 0.167. The van der Waals surface area contributed by atoms with Crippen LogP contribution in [0.25, 0.3) is 0 Å². The molecule has 0 spiro atoms. The SMILES string of the molecule is NC(=S)C1(C(=O)N2CC3CCC(C2)O3)CCCCC1. The number of hydrogen-bond donors (Lipinski definition) is 1. The van der Waals surface area contributed by atoms with E-state index in [0.717, 1.165) is 51.6 Å². The van der Waals surface area contributed by atoms with Crippen molar-refractivity contribution in [3.63, 3.8) is 0 Å². The van der Waals surface area contributed by atoms with Crippen LogP contribution in [0.3, 0.4) is 0 Å². The number of fused-ring (bicyclic) bond motifs is 2. The molecular formula is C14H22N2O2S. The van der Waals surface area contributed by atoms with Crippen LogP contribution in [0.4, 0.5) is 0 Å². The number of morpholine rings is 1. The molecule has 19 heavy (non-hydrogen) atoms. The predicted molar refractivity (Wildman–Crippen MR) is 76.8 cm³/mol. The molecule has 3 fully saturated rings. The van der Waals surface area contributed by atoms with Gasteiger partial charge < -0.3 is 15.4 Å². The fraction of sp³-hybridized carbons (Fsp3) is 0.857. The number of rotatable bonds is 2. The van der Waals surface area contributed by atoms with Crippen molar-refractivity contribution in [3.05, 3.63) is 0 Å². The van der Waals surface area contributed by atoms with Crippen LogP contribution in [-0.4, -0.2) is 41.1 Å². The van der Waals surface area contributed by atoms with Gasteiger partial charge in [0.2, 0.25) is 5.91 Å². The van der Waals surface area contributed by atoms with Crippen molar-refractivity contribution in [1.82, 2.24) is 4.90 Å². The van der Waals surface area contributed by atoms with Crippen LogP contribution in [0.5, 0.6) is 0 Å². The van der Waals surface area contributed by atoms with Gasteiger partial charge in [-0.2, -0.15) is 0 Å². The number of hydrogen-bond acceptors (Lipinski definition) is 3. The second kappa shape index (κ2) is 5.02. The summed E-state index contributed by atoms with van der Waals surface area (Å²) < 4.78 is 5.80. The Hall–Kier alpha value is -0.680. The van der Waals surface area contributed by atoms with E-state index >= 15 is 0 Å². The first-order valence-electron chi connectivity index (χ1n) is 7.36. The van der Waals surface area contributed by atoms with E-state index in [2.05, 4.69) is 0 Å². The largest absolute Gasteiger partial charge is 0.392 e. The standard InChI is InChI=1S/C14H22N2O2S/c15-12(19)14(6-2-1-3-7-14)13(17)16-8-10-4-5-11(9-16)18-10/h10-11H,1-9H2,(H2,15,19). The first-order valence-corrected chi connectivity index (χ1v) is 7.77. The summed E-state index contributed by atoms with van der Waals surface area (Å²) in [6.45, 7) is 1.44. The molecule has 0 radical (unpaired) electrons. The highest BCUT2D eigenvalue weighted by molar-refractivity contribution is 7.80. The molecule has 2 N–H and O–H groups in total. The molecule has 3 aliphatic rings. The maximum absolute atomic E-state index is 12.9. The fourth-order valence-electron chi connectivity index (χ4n) is 3.80. The monoisotopic (exact) mass is 282 g/mol. The topological polar surface area (TPSA) is 55.6 Å². The van der Waals surface area contributed by atoms with Crippen LogP contribution in [0.1, 0.15) is 44.9 Å². The quantitative estimate of drug-likeness (QED) is 0.782. The molecule has 1 amide bonds. The number of ether oxygens (including phenoxy) is 1. The summed E-state index contributed by atoms with van der Waals surface area (Å²) in [4.78, 5) is 15.3. The molecule has 2 saturated heterocycles. The van der Waals surface area contributed by atoms with Crippen molar-refractivity contribution in [2.45, 2.75) is 57.2 Å². The van der Waals surface area contributed by atoms with E-state index in [-0.39, 0.29) is 18.1 Å². The minimum atomic E-state index is -0.565. The summed E-state index contributed by atoms with van der Waals surface area (Å²) in [5, 5.41) is 0. The number of carbonyl (C=O) groups excluding carboxylic acids is 1. The molecule has 3 rings (SSSR count). The second-order valence-corrected chi connectivity index (χ2v) is 6.61. The average molecular weight is 282 g/mol. The highest BCUT2D eigenvalue weighted by atomic mass is 32.1. The first kappa shape index (κ1) is 13.3. The summed E-state index contributed by atoms with van der Waals surface area (Å²) in [6, 6.07) is 0. The molecule has 2 heterocycles. The van der Waals surface area contributed by atoms with Crippen molar-refractivity contribution in [1.29, 1.82) is 0 Å². The molecular weight excluding hydrogens is 260 g/mol. The fourth-order valence-corrected chi connectivity index (χ4v) is 4.10. The molecule has 0 aromatic rings. The second-order valence-electron chi connectivity index (χ2n) is 6.17. The van der Waals surface area contributed by atoms with Gasteiger partial charge in [0.15, 0.2) is 0 Å². The smallest absolute Gasteiger partial charge is 0.235 e. The number of nitrogens with zero attached hydrogens (tertiary/aromatic N) is 1. The van der Waals surface area contributed by atoms with Gasteiger partial charge in [-0.3, -0.25) is 4.79 Å². The van der Waals surface area contributed by atoms with Gasteiger partial charge >= 0.3 is 0 Å². The van der Waals surface area contributed by atoms with Gasteiger partial charge in [-0.25, -0.2) is 0 Å². The summed E-state index contributed by atoms with van der Waals surface area (Å²) >= 11 is 5.25. The lowest BCUT2D eigenvalue weighted by Crippen LogP contribution is -2.56. The molecule has 5 heteroatoms. The third kappa shape index (κ3) is 2.27. The van der Waals surface area contributed by atoms with Crippen LogP contribution < -0.4 is 5.73 Å². The zero-order chi connectivity index (χ0) is 13.5. The molecule has 1 aliphatic carbocycles. The van der Waals surface area contributed by atoms with Gasteiger partial charge in [0.25, 0.3) is 0 Å². The summed E-state index contributed by atoms with van der Waals surface area (Å²) in [5.74, 6) is 0.167. The number of amides is 1. The number of thiocarbonyl (C=S) groups is 1. The lowest BCUT2D eigenvalue weighted by molar-refractivity contribution is -0.148. The first-order chi connectivity index (χ1) is 9.12. The Kier molecular flexibility index (Phi) is 3.52. The molecule has 2 unspecified atom stereocenters. The van der Waals surface area contributed by atoms with Crippen molar-refractivity contribution >= 4 is 23.1 Å². The Morgan fingerprint density at radius 3 is 2.26 bits per heavy atom. The number of nitrogens with two attached hydrogens (primary N) is 1. The van der Waals surface area contributed by atoms with Crippen LogP contribution in [0.15, 0.2) is 0 Å². The Morgan fingerprint density at radius 1 is 1.16 bits per heavy atom. The Morgan fingerprint density at radius 2 is 1.74 bits per heavy atom. The third-order valence-corrected chi connectivity index (χ3v) is 5.31. The lowest BCUT2D eigenvalue weighted by Gasteiger charge is -2.41. The Balaban J connectivity index is 1.78. The molecule has 2 bridgehead atoms. The van der Waals surface area contributed by atoms with Crippen molar-refractivity contribution in [3.8, 4) is 0 Å². The number of likely N-dealkylation sites (tertiary alicyclic amines) is 1. The van der Waals surface area contributed by atoms with Gasteiger partial charge in [-0.15, -0.1) is 0 Å². The Labute approximate surface area is 119 Å². The van der Waals surface area contributed by atoms with E-state index in [0.29, 0.717) is 4.99 Å². The molecule has 4 nitrogen and oxygen atoms in total. The summed E-state index contributed by atoms with van der Waals surface area (Å²) in [5.41, 5.74) is 5.38. The summed E-state index contributed by atoms with van der Waals surface area (Å²) in [6.07, 6.45) is 7.57. The highest BCUT2D eigenvalue weighted by Gasteiger charge is 2.47. The normalized spacial score (nSPS) is 33.2.